The second-order valence-electron chi connectivity index (χ2n) is 2.50. The predicted molar refractivity (Wildman–Crippen MR) is 43.2 cm³/mol. The molecule has 0 bridgehead atoms. The zero-order valence-corrected chi connectivity index (χ0v) is 7.60. The number of hydrogen-bond acceptors (Lipinski definition) is 3. The van der Waals surface area contributed by atoms with Crippen molar-refractivity contribution in [2.75, 3.05) is 0 Å². The molecule has 0 aromatic heterocycles. The molecule has 0 radical (unpaired) electrons. The predicted octanol–water partition coefficient (Wildman–Crippen LogP) is 0.802. The Labute approximate surface area is 75.0 Å². The largest absolute Gasteiger partial charge is 0.302 e. The summed E-state index contributed by atoms with van der Waals surface area (Å²) < 4.78 is 34.7. The molecular formula is C7H8FNO3S. The van der Waals surface area contributed by atoms with Gasteiger partial charge in [0.25, 0.3) is 10.0 Å². The van der Waals surface area contributed by atoms with Crippen molar-refractivity contribution in [1.29, 1.82) is 0 Å². The van der Waals surface area contributed by atoms with Crippen LogP contribution in [0.1, 0.15) is 5.56 Å². The van der Waals surface area contributed by atoms with Crippen molar-refractivity contribution in [2.45, 2.75) is 11.8 Å². The fraction of sp³-hybridized carbons (Fsp3) is 0.143. The van der Waals surface area contributed by atoms with Crippen LogP contribution >= 0.6 is 0 Å². The lowest BCUT2D eigenvalue weighted by Gasteiger charge is -2.04. The lowest BCUT2D eigenvalue weighted by atomic mass is 10.2. The number of benzene rings is 1. The average molecular weight is 205 g/mol. The van der Waals surface area contributed by atoms with Crippen molar-refractivity contribution in [3.8, 4) is 0 Å². The van der Waals surface area contributed by atoms with Gasteiger partial charge in [0.05, 0.1) is 4.90 Å². The first-order valence-electron chi connectivity index (χ1n) is 3.39. The molecule has 1 aromatic rings. The smallest absolute Gasteiger partial charge is 0.262 e. The van der Waals surface area contributed by atoms with Crippen LogP contribution in [0.2, 0.25) is 0 Å². The van der Waals surface area contributed by atoms with Crippen molar-refractivity contribution >= 4 is 10.0 Å². The van der Waals surface area contributed by atoms with Gasteiger partial charge in [-0.1, -0.05) is 11.0 Å². The van der Waals surface area contributed by atoms with Gasteiger partial charge in [-0.3, -0.25) is 0 Å². The molecule has 0 saturated carbocycles. The Balaban J connectivity index is 3.38. The molecule has 0 saturated heterocycles. The standard InChI is InChI=1S/C7H8FNO3S/c1-5-2-3-6(8)4-7(5)13(11,12)9-10/h2-4,9-10H,1H3. The van der Waals surface area contributed by atoms with E-state index in [4.69, 9.17) is 5.21 Å². The van der Waals surface area contributed by atoms with E-state index in [1.54, 1.807) is 0 Å². The van der Waals surface area contributed by atoms with Crippen LogP contribution in [-0.4, -0.2) is 13.6 Å². The molecule has 13 heavy (non-hydrogen) atoms. The third kappa shape index (κ3) is 2.03. The SMILES string of the molecule is Cc1ccc(F)cc1S(=O)(=O)NO. The topological polar surface area (TPSA) is 66.4 Å². The monoisotopic (exact) mass is 205 g/mol. The lowest BCUT2D eigenvalue weighted by Crippen LogP contribution is -2.20. The highest BCUT2D eigenvalue weighted by Crippen LogP contribution is 2.15. The number of nitrogens with one attached hydrogen (secondary N) is 1. The van der Waals surface area contributed by atoms with Crippen LogP contribution in [-0.2, 0) is 10.0 Å². The van der Waals surface area contributed by atoms with Gasteiger partial charge in [-0.2, -0.15) is 0 Å². The van der Waals surface area contributed by atoms with Gasteiger partial charge in [0.2, 0.25) is 0 Å². The molecule has 1 aromatic carbocycles. The second-order valence-corrected chi connectivity index (χ2v) is 4.13. The van der Waals surface area contributed by atoms with E-state index >= 15 is 0 Å². The van der Waals surface area contributed by atoms with E-state index in [2.05, 4.69) is 0 Å². The molecule has 0 unspecified atom stereocenters. The molecule has 2 N–H and O–H groups in total. The van der Waals surface area contributed by atoms with Gasteiger partial charge in [-0.05, 0) is 24.6 Å². The zero-order valence-electron chi connectivity index (χ0n) is 6.78. The molecule has 0 atom stereocenters. The molecule has 0 fully saturated rings. The normalized spacial score (nSPS) is 11.6. The number of halogens is 1. The maximum Gasteiger partial charge on any atom is 0.262 e. The van der Waals surface area contributed by atoms with E-state index in [9.17, 15) is 12.8 Å². The minimum absolute atomic E-state index is 0.269. The fourth-order valence-electron chi connectivity index (χ4n) is 0.913. The molecule has 0 aliphatic carbocycles. The molecule has 0 spiro atoms. The van der Waals surface area contributed by atoms with Gasteiger partial charge in [0, 0.05) is 0 Å². The highest BCUT2D eigenvalue weighted by Gasteiger charge is 2.15. The van der Waals surface area contributed by atoms with Crippen LogP contribution in [0.3, 0.4) is 0 Å². The molecule has 72 valence electrons. The zero-order chi connectivity index (χ0) is 10.1. The first-order chi connectivity index (χ1) is 5.97. The Kier molecular flexibility index (Phi) is 2.65. The van der Waals surface area contributed by atoms with Crippen LogP contribution in [0.5, 0.6) is 0 Å². The average Bonchev–Trinajstić information content (AvgIpc) is 2.09. The fourth-order valence-corrected chi connectivity index (χ4v) is 1.77. The van der Waals surface area contributed by atoms with E-state index in [-0.39, 0.29) is 4.90 Å². The lowest BCUT2D eigenvalue weighted by molar-refractivity contribution is 0.242. The summed E-state index contributed by atoms with van der Waals surface area (Å²) in [6.07, 6.45) is 0. The van der Waals surface area contributed by atoms with Gasteiger partial charge in [-0.15, -0.1) is 0 Å². The van der Waals surface area contributed by atoms with E-state index in [0.29, 0.717) is 5.56 Å². The Hall–Kier alpha value is -0.980. The van der Waals surface area contributed by atoms with Crippen molar-refractivity contribution in [1.82, 2.24) is 4.89 Å². The van der Waals surface area contributed by atoms with Gasteiger partial charge in [0.1, 0.15) is 5.82 Å². The summed E-state index contributed by atoms with van der Waals surface area (Å²) >= 11 is 0. The number of aryl methyl sites for hydroxylation is 1. The number of rotatable bonds is 2. The molecule has 0 amide bonds. The highest BCUT2D eigenvalue weighted by molar-refractivity contribution is 7.89. The van der Waals surface area contributed by atoms with Gasteiger partial charge >= 0.3 is 0 Å². The van der Waals surface area contributed by atoms with Crippen LogP contribution in [0.15, 0.2) is 23.1 Å². The van der Waals surface area contributed by atoms with E-state index in [1.165, 1.54) is 13.0 Å². The maximum absolute atomic E-state index is 12.6. The van der Waals surface area contributed by atoms with E-state index < -0.39 is 15.8 Å². The van der Waals surface area contributed by atoms with E-state index in [0.717, 1.165) is 17.0 Å². The summed E-state index contributed by atoms with van der Waals surface area (Å²) in [5, 5.41) is 8.30. The third-order valence-corrected chi connectivity index (χ3v) is 2.82. The summed E-state index contributed by atoms with van der Waals surface area (Å²) in [5.74, 6) is -0.667. The van der Waals surface area contributed by atoms with Gasteiger partial charge < -0.3 is 5.21 Å². The van der Waals surface area contributed by atoms with Crippen molar-refractivity contribution in [3.63, 3.8) is 0 Å². The molecule has 0 heterocycles. The Morgan fingerprint density at radius 2 is 2.08 bits per heavy atom. The minimum atomic E-state index is -3.99. The second kappa shape index (κ2) is 3.41. The van der Waals surface area contributed by atoms with Crippen molar-refractivity contribution in [2.24, 2.45) is 0 Å². The first kappa shape index (κ1) is 10.1. The van der Waals surface area contributed by atoms with Crippen molar-refractivity contribution < 1.29 is 18.0 Å². The summed E-state index contributed by atoms with van der Waals surface area (Å²) in [6.45, 7) is 1.50. The van der Waals surface area contributed by atoms with Gasteiger partial charge in [-0.25, -0.2) is 12.8 Å². The Bertz CT molecular complexity index is 416. The minimum Gasteiger partial charge on any atom is -0.302 e. The molecule has 1 rings (SSSR count). The summed E-state index contributed by atoms with van der Waals surface area (Å²) in [5.41, 5.74) is 0.364. The van der Waals surface area contributed by atoms with Crippen LogP contribution in [0, 0.1) is 12.7 Å². The van der Waals surface area contributed by atoms with Gasteiger partial charge in [0.15, 0.2) is 0 Å². The molecule has 4 nitrogen and oxygen atoms in total. The Morgan fingerprint density at radius 3 is 2.62 bits per heavy atom. The van der Waals surface area contributed by atoms with Crippen LogP contribution in [0.25, 0.3) is 0 Å². The summed E-state index contributed by atoms with van der Waals surface area (Å²) in [7, 11) is -3.99. The Morgan fingerprint density at radius 1 is 1.46 bits per heavy atom. The molecule has 0 aliphatic rings. The first-order valence-corrected chi connectivity index (χ1v) is 4.88. The number of hydrogen-bond donors (Lipinski definition) is 2. The molecular weight excluding hydrogens is 197 g/mol. The van der Waals surface area contributed by atoms with Crippen molar-refractivity contribution in [3.05, 3.63) is 29.6 Å². The van der Waals surface area contributed by atoms with E-state index in [1.807, 2.05) is 0 Å². The highest BCUT2D eigenvalue weighted by atomic mass is 32.2. The summed E-state index contributed by atoms with van der Waals surface area (Å²) in [6, 6.07) is 3.30. The van der Waals surface area contributed by atoms with Crippen LogP contribution in [0.4, 0.5) is 4.39 Å². The summed E-state index contributed by atoms with van der Waals surface area (Å²) in [4.78, 5) is 0.863. The molecule has 6 heteroatoms. The van der Waals surface area contributed by atoms with Crippen LogP contribution < -0.4 is 4.89 Å². The molecule has 0 aliphatic heterocycles. The quantitative estimate of drug-likeness (QED) is 0.702. The third-order valence-electron chi connectivity index (χ3n) is 1.56. The number of sulfonamides is 1. The maximum atomic E-state index is 12.6.